The third kappa shape index (κ3) is 14.7. The molecule has 33 nitrogen and oxygen atoms in total. The number of aliphatic hydroxyl groups excluding tert-OH is 3. The highest BCUT2D eigenvalue weighted by Crippen LogP contribution is 1.96. The van der Waals surface area contributed by atoms with E-state index in [0.717, 1.165) is 33.0 Å². The van der Waals surface area contributed by atoms with Crippen LogP contribution in [0.5, 0.6) is 0 Å². The van der Waals surface area contributed by atoms with Crippen LogP contribution in [-0.4, -0.2) is 183 Å². The van der Waals surface area contributed by atoms with Crippen LogP contribution in [0.2, 0.25) is 0 Å². The Morgan fingerprint density at radius 1 is 0.417 bits per heavy atom. The molecule has 4 aromatic rings. The molecule has 3 unspecified atom stereocenters. The van der Waals surface area contributed by atoms with Crippen LogP contribution in [0.15, 0.2) is 33.4 Å². The Bertz CT molecular complexity index is 1960. The minimum Gasteiger partial charge on any atom is -0.461 e. The van der Waals surface area contributed by atoms with Crippen LogP contribution in [-0.2, 0) is 96.5 Å². The zero-order chi connectivity index (χ0) is 43.6. The summed E-state index contributed by atoms with van der Waals surface area (Å²) in [6.45, 7) is -9.55. The van der Waals surface area contributed by atoms with Crippen LogP contribution in [0.25, 0.3) is 0 Å². The number of carbonyl (C=O) groups excluding carboxylic acids is 6. The number of carbonyl (C=O) groups is 6. The molecule has 33 heteroatoms. The van der Waals surface area contributed by atoms with E-state index in [1.165, 1.54) is 0 Å². The number of aromatic nitrogens is 15. The first kappa shape index (κ1) is 45.0. The molecule has 324 valence electrons. The predicted octanol–water partition coefficient (Wildman–Crippen LogP) is -9.43. The molecule has 0 aliphatic heterocycles. The van der Waals surface area contributed by atoms with Crippen LogP contribution in [0, 0.1) is 0 Å². The fourth-order valence-corrected chi connectivity index (χ4v) is 4.18. The van der Waals surface area contributed by atoms with Gasteiger partial charge in [-0.15, -0.1) is 15.3 Å². The van der Waals surface area contributed by atoms with Crippen molar-refractivity contribution in [2.24, 2.45) is 0 Å². The number of aliphatic hydroxyl groups is 3. The second-order valence-corrected chi connectivity index (χ2v) is 11.7. The van der Waals surface area contributed by atoms with Gasteiger partial charge in [0.05, 0.1) is 0 Å². The van der Waals surface area contributed by atoms with Gasteiger partial charge in [0.25, 0.3) is 0 Å². The highest BCUT2D eigenvalue weighted by Gasteiger charge is 2.24. The number of rotatable bonds is 24. The summed E-state index contributed by atoms with van der Waals surface area (Å²) in [4.78, 5) is 114. The summed E-state index contributed by atoms with van der Waals surface area (Å²) < 4.78 is 32.3. The summed E-state index contributed by atoms with van der Waals surface area (Å²) in [6.07, 6.45) is -1.45. The van der Waals surface area contributed by atoms with E-state index >= 15 is 0 Å². The molecule has 0 amide bonds. The number of hydrogen-bond acceptors (Lipinski definition) is 27. The first-order chi connectivity index (χ1) is 28.7. The van der Waals surface area contributed by atoms with Gasteiger partial charge >= 0.3 is 52.9 Å². The molecule has 4 aromatic heterocycles. The Hall–Kier alpha value is -7.68. The van der Waals surface area contributed by atoms with E-state index in [1.54, 1.807) is 0 Å². The van der Waals surface area contributed by atoms with E-state index in [0.29, 0.717) is 0 Å². The maximum atomic E-state index is 13.3. The van der Waals surface area contributed by atoms with Crippen molar-refractivity contribution in [3.8, 4) is 0 Å². The molecular weight excluding hydrogens is 822 g/mol. The molecule has 0 aromatic carbocycles. The van der Waals surface area contributed by atoms with E-state index in [4.69, 9.17) is 28.4 Å². The highest BCUT2D eigenvalue weighted by atomic mass is 16.6. The summed E-state index contributed by atoms with van der Waals surface area (Å²) in [6, 6.07) is 0. The second-order valence-electron chi connectivity index (χ2n) is 11.7. The van der Waals surface area contributed by atoms with Crippen molar-refractivity contribution >= 4 is 35.8 Å². The molecule has 4 heterocycles. The van der Waals surface area contributed by atoms with Crippen molar-refractivity contribution in [1.82, 2.24) is 74.3 Å². The van der Waals surface area contributed by atoms with E-state index in [-0.39, 0.29) is 13.7 Å². The van der Waals surface area contributed by atoms with Gasteiger partial charge < -0.3 is 43.7 Å². The Kier molecular flexibility index (Phi) is 16.7. The summed E-state index contributed by atoms with van der Waals surface area (Å²) >= 11 is 0. The Balaban J connectivity index is 1.39. The summed E-state index contributed by atoms with van der Waals surface area (Å²) in [5.74, 6) is -6.72. The van der Waals surface area contributed by atoms with Crippen molar-refractivity contribution in [3.63, 3.8) is 0 Å². The van der Waals surface area contributed by atoms with Crippen LogP contribution >= 0.6 is 0 Å². The van der Waals surface area contributed by atoms with E-state index in [1.807, 2.05) is 0 Å². The SMILES string of the molecule is O=C(Cn1cnnn1)OCC(O)COC(=O)Cn1c(=O)n(CC(=O)OCC(O)COC(=O)Cn2cnnn2)c(=O)n(CC(=O)OCC(O)COC(=O)Cn2cnnn2)c1=O. The van der Waals surface area contributed by atoms with Crippen LogP contribution < -0.4 is 17.1 Å². The first-order valence-corrected chi connectivity index (χ1v) is 16.7. The van der Waals surface area contributed by atoms with Gasteiger partial charge in [0.1, 0.15) is 116 Å². The number of esters is 6. The lowest BCUT2D eigenvalue weighted by atomic mass is 10.4. The topological polar surface area (TPSA) is 415 Å². The third-order valence-electron chi connectivity index (χ3n) is 6.91. The minimum atomic E-state index is -1.60. The zero-order valence-electron chi connectivity index (χ0n) is 30.6. The summed E-state index contributed by atoms with van der Waals surface area (Å²) in [5, 5.41) is 60.6. The van der Waals surface area contributed by atoms with Crippen molar-refractivity contribution in [2.75, 3.05) is 39.6 Å². The Morgan fingerprint density at radius 2 is 0.633 bits per heavy atom. The molecule has 0 saturated heterocycles. The van der Waals surface area contributed by atoms with Gasteiger partial charge in [0.15, 0.2) is 0 Å². The molecule has 0 aliphatic rings. The normalized spacial score (nSPS) is 12.4. The molecule has 0 aliphatic carbocycles. The summed E-state index contributed by atoms with van der Waals surface area (Å²) in [5.41, 5.74) is -4.76. The van der Waals surface area contributed by atoms with Gasteiger partial charge in [-0.25, -0.2) is 42.1 Å². The molecule has 3 atom stereocenters. The van der Waals surface area contributed by atoms with E-state index in [9.17, 15) is 58.5 Å². The van der Waals surface area contributed by atoms with Gasteiger partial charge in [-0.3, -0.25) is 28.8 Å². The molecule has 4 rings (SSSR count). The molecule has 0 radical (unpaired) electrons. The molecule has 3 N–H and O–H groups in total. The molecule has 0 spiro atoms. The van der Waals surface area contributed by atoms with Crippen LogP contribution in [0.4, 0.5) is 0 Å². The standard InChI is InChI=1S/C27H33N15O18/c43-16(7-55-19(46)1-37-13-28-31-34-37)10-58-22(49)4-40-25(52)41(5-23(50)59-11-17(44)8-56-20(47)2-38-14-29-32-35-38)27(54)42(26(40)53)6-24(51)60-12-18(45)9-57-21(48)3-39-15-30-33-36-39/h13-18,43-45H,1-12H2. The van der Waals surface area contributed by atoms with Crippen molar-refractivity contribution in [1.29, 1.82) is 0 Å². The third-order valence-corrected chi connectivity index (χ3v) is 6.91. The van der Waals surface area contributed by atoms with Gasteiger partial charge in [0.2, 0.25) is 0 Å². The fourth-order valence-electron chi connectivity index (χ4n) is 4.18. The number of nitrogens with zero attached hydrogens (tertiary/aromatic N) is 15. The van der Waals surface area contributed by atoms with Crippen LogP contribution in [0.1, 0.15) is 0 Å². The van der Waals surface area contributed by atoms with Crippen molar-refractivity contribution in [2.45, 2.75) is 57.6 Å². The second kappa shape index (κ2) is 22.3. The lowest BCUT2D eigenvalue weighted by Crippen LogP contribution is -2.56. The lowest BCUT2D eigenvalue weighted by molar-refractivity contribution is -0.154. The number of hydrogen-bond donors (Lipinski definition) is 3. The van der Waals surface area contributed by atoms with Crippen LogP contribution in [0.3, 0.4) is 0 Å². The predicted molar refractivity (Wildman–Crippen MR) is 176 cm³/mol. The number of tetrazole rings is 3. The molecule has 0 saturated carbocycles. The molecular formula is C27H33N15O18. The molecule has 60 heavy (non-hydrogen) atoms. The van der Waals surface area contributed by atoms with Gasteiger partial charge in [0, 0.05) is 0 Å². The largest absolute Gasteiger partial charge is 0.461 e. The molecule has 0 bridgehead atoms. The number of ether oxygens (including phenoxy) is 6. The van der Waals surface area contributed by atoms with Gasteiger partial charge in [-0.2, -0.15) is 0 Å². The quantitative estimate of drug-likeness (QED) is 0.0435. The molecule has 0 fully saturated rings. The van der Waals surface area contributed by atoms with E-state index in [2.05, 4.69) is 46.6 Å². The van der Waals surface area contributed by atoms with Crippen molar-refractivity contribution < 1.29 is 72.5 Å². The first-order valence-electron chi connectivity index (χ1n) is 16.7. The van der Waals surface area contributed by atoms with Crippen molar-refractivity contribution in [3.05, 3.63) is 50.4 Å². The smallest absolute Gasteiger partial charge is 0.337 e. The maximum absolute atomic E-state index is 13.3. The van der Waals surface area contributed by atoms with Gasteiger partial charge in [-0.05, 0) is 31.3 Å². The minimum absolute atomic E-state index is 0.0841. The maximum Gasteiger partial charge on any atom is 0.337 e. The average molecular weight is 856 g/mol. The highest BCUT2D eigenvalue weighted by molar-refractivity contribution is 5.71. The van der Waals surface area contributed by atoms with Gasteiger partial charge in [-0.1, -0.05) is 0 Å². The summed E-state index contributed by atoms with van der Waals surface area (Å²) in [7, 11) is 0. The fraction of sp³-hybridized carbons (Fsp3) is 0.556. The monoisotopic (exact) mass is 855 g/mol. The average Bonchev–Trinajstić information content (AvgIpc) is 4.04. The Morgan fingerprint density at radius 3 is 0.833 bits per heavy atom. The van der Waals surface area contributed by atoms with E-state index < -0.39 is 150 Å². The lowest BCUT2D eigenvalue weighted by Gasteiger charge is -2.16. The zero-order valence-corrected chi connectivity index (χ0v) is 30.6. The Labute approximate surface area is 330 Å².